The Hall–Kier alpha value is -4.01. The Balaban J connectivity index is 1.25. The Bertz CT molecular complexity index is 1350. The summed E-state index contributed by atoms with van der Waals surface area (Å²) in [5.74, 6) is 3.09. The number of nitrogens with zero attached hydrogens (tertiary/aromatic N) is 4. The van der Waals surface area contributed by atoms with Gasteiger partial charge >= 0.3 is 0 Å². The number of anilines is 2. The van der Waals surface area contributed by atoms with Gasteiger partial charge < -0.3 is 29.8 Å². The molecule has 0 unspecified atom stereocenters. The third kappa shape index (κ3) is 4.73. The largest absolute Gasteiger partial charge is 0.508 e. The first kappa shape index (κ1) is 22.5. The number of rotatable bonds is 8. The molecule has 0 spiro atoms. The molecule has 0 bridgehead atoms. The molecule has 1 aliphatic heterocycles. The van der Waals surface area contributed by atoms with Gasteiger partial charge in [-0.2, -0.15) is 9.97 Å². The number of benzene rings is 2. The molecule has 186 valence electrons. The first-order chi connectivity index (χ1) is 17.7. The zero-order valence-corrected chi connectivity index (χ0v) is 20.1. The van der Waals surface area contributed by atoms with Crippen molar-refractivity contribution in [2.75, 3.05) is 24.0 Å². The number of fused-ring (bicyclic) bond motifs is 2. The summed E-state index contributed by atoms with van der Waals surface area (Å²) in [7, 11) is 0. The summed E-state index contributed by atoms with van der Waals surface area (Å²) in [6.07, 6.45) is 8.80. The maximum atomic E-state index is 9.53. The summed E-state index contributed by atoms with van der Waals surface area (Å²) < 4.78 is 13.2. The van der Waals surface area contributed by atoms with Crippen LogP contribution in [-0.4, -0.2) is 38.0 Å². The molecule has 36 heavy (non-hydrogen) atoms. The lowest BCUT2D eigenvalue weighted by atomic mass is 9.95. The van der Waals surface area contributed by atoms with E-state index in [0.717, 1.165) is 58.9 Å². The average molecular weight is 487 g/mol. The van der Waals surface area contributed by atoms with Crippen molar-refractivity contribution in [2.45, 2.75) is 51.1 Å². The number of imidazole rings is 1. The van der Waals surface area contributed by atoms with Crippen molar-refractivity contribution < 1.29 is 14.6 Å². The van der Waals surface area contributed by atoms with Crippen LogP contribution in [0.5, 0.6) is 17.2 Å². The molecule has 0 atom stereocenters. The van der Waals surface area contributed by atoms with Crippen LogP contribution in [0.4, 0.5) is 11.8 Å². The van der Waals surface area contributed by atoms with E-state index in [-0.39, 0.29) is 12.5 Å². The predicted molar refractivity (Wildman–Crippen MR) is 138 cm³/mol. The maximum absolute atomic E-state index is 9.53. The van der Waals surface area contributed by atoms with Crippen LogP contribution in [0, 0.1) is 0 Å². The van der Waals surface area contributed by atoms with Crippen LogP contribution in [0.2, 0.25) is 0 Å². The van der Waals surface area contributed by atoms with Crippen molar-refractivity contribution in [1.29, 1.82) is 0 Å². The number of aromatic hydroxyl groups is 1. The smallest absolute Gasteiger partial charge is 0.231 e. The van der Waals surface area contributed by atoms with Gasteiger partial charge in [-0.3, -0.25) is 0 Å². The van der Waals surface area contributed by atoms with Crippen molar-refractivity contribution in [3.63, 3.8) is 0 Å². The quantitative estimate of drug-likeness (QED) is 0.318. The van der Waals surface area contributed by atoms with E-state index in [9.17, 15) is 5.11 Å². The minimum Gasteiger partial charge on any atom is -0.508 e. The van der Waals surface area contributed by atoms with Gasteiger partial charge in [0.1, 0.15) is 5.75 Å². The fourth-order valence-corrected chi connectivity index (χ4v) is 4.97. The lowest BCUT2D eigenvalue weighted by Gasteiger charge is -2.23. The minimum absolute atomic E-state index is 0.260. The van der Waals surface area contributed by atoms with Gasteiger partial charge in [-0.1, -0.05) is 37.5 Å². The lowest BCUT2D eigenvalue weighted by molar-refractivity contribution is 0.174. The van der Waals surface area contributed by atoms with Crippen molar-refractivity contribution in [3.05, 3.63) is 59.9 Å². The molecule has 9 nitrogen and oxygen atoms in total. The Labute approximate surface area is 209 Å². The topological polar surface area (TPSA) is 106 Å². The van der Waals surface area contributed by atoms with Gasteiger partial charge in [0.25, 0.3) is 0 Å². The van der Waals surface area contributed by atoms with E-state index in [0.29, 0.717) is 25.1 Å². The Morgan fingerprint density at radius 1 is 0.917 bits per heavy atom. The van der Waals surface area contributed by atoms with E-state index < -0.39 is 0 Å². The average Bonchev–Trinajstić information content (AvgIpc) is 3.56. The predicted octanol–water partition coefficient (Wildman–Crippen LogP) is 5.03. The Morgan fingerprint density at radius 2 is 1.72 bits per heavy atom. The molecule has 9 heteroatoms. The Morgan fingerprint density at radius 3 is 2.58 bits per heavy atom. The van der Waals surface area contributed by atoms with Crippen LogP contribution in [0.1, 0.15) is 49.3 Å². The summed E-state index contributed by atoms with van der Waals surface area (Å²) in [5.41, 5.74) is 3.85. The van der Waals surface area contributed by atoms with Crippen LogP contribution in [0.15, 0.2) is 48.8 Å². The van der Waals surface area contributed by atoms with E-state index in [1.165, 1.54) is 19.3 Å². The van der Waals surface area contributed by atoms with Crippen LogP contribution in [-0.2, 0) is 13.0 Å². The van der Waals surface area contributed by atoms with Gasteiger partial charge in [0, 0.05) is 19.1 Å². The molecular weight excluding hydrogens is 456 g/mol. The maximum Gasteiger partial charge on any atom is 0.231 e. The summed E-state index contributed by atoms with van der Waals surface area (Å²) in [6.45, 7) is 1.51. The van der Waals surface area contributed by atoms with Crippen molar-refractivity contribution in [3.8, 4) is 17.2 Å². The van der Waals surface area contributed by atoms with E-state index >= 15 is 0 Å². The summed E-state index contributed by atoms with van der Waals surface area (Å²) in [4.78, 5) is 14.4. The summed E-state index contributed by atoms with van der Waals surface area (Å²) in [6, 6.07) is 13.6. The van der Waals surface area contributed by atoms with Gasteiger partial charge in [0.05, 0.1) is 6.33 Å². The highest BCUT2D eigenvalue weighted by molar-refractivity contribution is 5.84. The normalized spacial score (nSPS) is 15.3. The molecule has 0 radical (unpaired) electrons. The van der Waals surface area contributed by atoms with Gasteiger partial charge in [0.15, 0.2) is 28.5 Å². The lowest BCUT2D eigenvalue weighted by Crippen LogP contribution is -2.14. The molecular formula is C27H30N6O3. The van der Waals surface area contributed by atoms with Crippen LogP contribution >= 0.6 is 0 Å². The van der Waals surface area contributed by atoms with Crippen molar-refractivity contribution in [2.24, 2.45) is 0 Å². The fraction of sp³-hybridized carbons (Fsp3) is 0.370. The fourth-order valence-electron chi connectivity index (χ4n) is 4.97. The molecule has 4 aromatic rings. The van der Waals surface area contributed by atoms with E-state index in [2.05, 4.69) is 15.2 Å². The van der Waals surface area contributed by atoms with E-state index in [1.807, 2.05) is 36.7 Å². The number of ether oxygens (including phenoxy) is 2. The van der Waals surface area contributed by atoms with Crippen LogP contribution < -0.4 is 20.1 Å². The molecule has 2 aromatic heterocycles. The van der Waals surface area contributed by atoms with Crippen LogP contribution in [0.3, 0.4) is 0 Å². The number of hydrogen-bond donors (Lipinski definition) is 3. The number of hydrogen-bond acceptors (Lipinski definition) is 8. The number of nitrogens with one attached hydrogen (secondary N) is 2. The zero-order chi connectivity index (χ0) is 24.3. The van der Waals surface area contributed by atoms with Gasteiger partial charge in [-0.25, -0.2) is 4.98 Å². The minimum atomic E-state index is 0.260. The molecule has 2 aliphatic rings. The van der Waals surface area contributed by atoms with E-state index in [4.69, 9.17) is 24.4 Å². The second-order valence-electron chi connectivity index (χ2n) is 9.40. The standard InChI is InChI=1S/C27H30N6O3/c34-21-9-6-18(7-10-21)12-13-28-25-24-26(33(16-30-24)20-4-2-1-3-5-20)32-27(31-25)29-15-19-8-11-22-23(14-19)36-17-35-22/h6-11,14,16,20,34H,1-5,12-13,15,17H2,(H2,28,29,31,32). The zero-order valence-electron chi connectivity index (χ0n) is 20.1. The van der Waals surface area contributed by atoms with Crippen molar-refractivity contribution in [1.82, 2.24) is 19.5 Å². The first-order valence-corrected chi connectivity index (χ1v) is 12.6. The van der Waals surface area contributed by atoms with E-state index in [1.54, 1.807) is 12.1 Å². The number of aromatic nitrogens is 4. The Kier molecular flexibility index (Phi) is 6.19. The van der Waals surface area contributed by atoms with Gasteiger partial charge in [-0.05, 0) is 54.7 Å². The third-order valence-corrected chi connectivity index (χ3v) is 6.92. The highest BCUT2D eigenvalue weighted by Gasteiger charge is 2.21. The number of phenols is 1. The molecule has 1 fully saturated rings. The van der Waals surface area contributed by atoms with Gasteiger partial charge in [0.2, 0.25) is 12.7 Å². The molecule has 6 rings (SSSR count). The number of phenolic OH excluding ortho intramolecular Hbond substituents is 1. The van der Waals surface area contributed by atoms with Gasteiger partial charge in [-0.15, -0.1) is 0 Å². The molecule has 0 saturated heterocycles. The molecule has 0 amide bonds. The highest BCUT2D eigenvalue weighted by atomic mass is 16.7. The SMILES string of the molecule is Oc1ccc(CCNc2nc(NCc3ccc4c(c3)OCO4)nc3c2ncn3C2CCCCC2)cc1. The summed E-state index contributed by atoms with van der Waals surface area (Å²) >= 11 is 0. The molecule has 1 aliphatic carbocycles. The first-order valence-electron chi connectivity index (χ1n) is 12.6. The molecule has 2 aromatic carbocycles. The summed E-state index contributed by atoms with van der Waals surface area (Å²) in [5, 5.41) is 16.4. The van der Waals surface area contributed by atoms with Crippen LogP contribution in [0.25, 0.3) is 11.2 Å². The second kappa shape index (κ2) is 9.93. The molecule has 1 saturated carbocycles. The highest BCUT2D eigenvalue weighted by Crippen LogP contribution is 2.34. The van der Waals surface area contributed by atoms with Crippen molar-refractivity contribution >= 4 is 22.9 Å². The third-order valence-electron chi connectivity index (χ3n) is 6.92. The second-order valence-corrected chi connectivity index (χ2v) is 9.40. The molecule has 3 N–H and O–H groups in total. The molecule has 3 heterocycles. The monoisotopic (exact) mass is 486 g/mol.